The monoisotopic (exact) mass is 283 g/mol. The fraction of sp³-hybridized carbons (Fsp3) is 0.625. The minimum absolute atomic E-state index is 0. The smallest absolute Gasteiger partial charge is 0.193 e. The van der Waals surface area contributed by atoms with Crippen LogP contribution in [-0.2, 0) is 0 Å². The van der Waals surface area contributed by atoms with Gasteiger partial charge in [0.1, 0.15) is 0 Å². The molecule has 0 aliphatic rings. The third-order valence-corrected chi connectivity index (χ3v) is 1.18. The van der Waals surface area contributed by atoms with Gasteiger partial charge in [0.05, 0.1) is 0 Å². The second kappa shape index (κ2) is 7.39. The third-order valence-electron chi connectivity index (χ3n) is 1.18. The van der Waals surface area contributed by atoms with E-state index in [9.17, 15) is 0 Å². The number of hydrogen-bond acceptors (Lipinski definition) is 1. The molecule has 0 aromatic rings. The predicted molar refractivity (Wildman–Crippen MR) is 65.3 cm³/mol. The molecule has 0 atom stereocenters. The number of rotatable bonds is 2. The van der Waals surface area contributed by atoms with E-state index in [0.29, 0.717) is 0 Å². The molecule has 0 aromatic carbocycles. The minimum Gasteiger partial charge on any atom is -0.353 e. The fourth-order valence-corrected chi connectivity index (χ4v) is 0.667. The molecule has 0 aliphatic heterocycles. The van der Waals surface area contributed by atoms with Crippen molar-refractivity contribution in [3.05, 3.63) is 12.2 Å². The van der Waals surface area contributed by atoms with Crippen molar-refractivity contribution in [1.82, 2.24) is 10.2 Å². The highest BCUT2D eigenvalue weighted by Crippen LogP contribution is 1.84. The Morgan fingerprint density at radius 3 is 2.25 bits per heavy atom. The van der Waals surface area contributed by atoms with E-state index in [4.69, 9.17) is 0 Å². The molecule has 0 aromatic heterocycles. The van der Waals surface area contributed by atoms with E-state index in [1.54, 1.807) is 7.05 Å². The predicted octanol–water partition coefficient (Wildman–Crippen LogP) is 1.32. The molecule has 0 amide bonds. The highest BCUT2D eigenvalue weighted by molar-refractivity contribution is 14.0. The van der Waals surface area contributed by atoms with E-state index in [2.05, 4.69) is 16.9 Å². The molecule has 0 fully saturated rings. The van der Waals surface area contributed by atoms with Crippen molar-refractivity contribution in [1.29, 1.82) is 0 Å². The Bertz CT molecular complexity index is 164. The van der Waals surface area contributed by atoms with Gasteiger partial charge in [-0.15, -0.1) is 24.0 Å². The van der Waals surface area contributed by atoms with Crippen LogP contribution in [0, 0.1) is 0 Å². The maximum absolute atomic E-state index is 4.05. The largest absolute Gasteiger partial charge is 0.353 e. The Balaban J connectivity index is 0. The summed E-state index contributed by atoms with van der Waals surface area (Å²) in [6, 6.07) is 0. The van der Waals surface area contributed by atoms with Crippen LogP contribution in [0.25, 0.3) is 0 Å². The van der Waals surface area contributed by atoms with Crippen LogP contribution in [0.1, 0.15) is 6.92 Å². The van der Waals surface area contributed by atoms with Gasteiger partial charge in [0.25, 0.3) is 0 Å². The van der Waals surface area contributed by atoms with Gasteiger partial charge >= 0.3 is 0 Å². The molecule has 0 rings (SSSR count). The first-order valence-electron chi connectivity index (χ1n) is 3.60. The van der Waals surface area contributed by atoms with E-state index in [0.717, 1.165) is 18.1 Å². The molecule has 0 aliphatic carbocycles. The first kappa shape index (κ1) is 14.3. The van der Waals surface area contributed by atoms with Gasteiger partial charge in [0.15, 0.2) is 5.96 Å². The highest BCUT2D eigenvalue weighted by Gasteiger charge is 1.97. The van der Waals surface area contributed by atoms with Crippen molar-refractivity contribution in [2.24, 2.45) is 4.99 Å². The molecule has 0 saturated heterocycles. The van der Waals surface area contributed by atoms with Gasteiger partial charge < -0.3 is 10.2 Å². The van der Waals surface area contributed by atoms with Crippen molar-refractivity contribution < 1.29 is 0 Å². The summed E-state index contributed by atoms with van der Waals surface area (Å²) in [5, 5.41) is 3.14. The summed E-state index contributed by atoms with van der Waals surface area (Å²) >= 11 is 0. The molecule has 3 nitrogen and oxygen atoms in total. The SMILES string of the molecule is C=C(C)CNC(=NC)N(C)C.I. The average Bonchev–Trinajstić information content (AvgIpc) is 1.87. The maximum Gasteiger partial charge on any atom is 0.193 e. The summed E-state index contributed by atoms with van der Waals surface area (Å²) in [7, 11) is 5.67. The second-order valence-corrected chi connectivity index (χ2v) is 2.75. The standard InChI is InChI=1S/C8H17N3.HI/c1-7(2)6-10-8(9-3)11(4)5;/h1,6H2,2-5H3,(H,9,10);1H. The first-order valence-corrected chi connectivity index (χ1v) is 3.60. The highest BCUT2D eigenvalue weighted by atomic mass is 127. The van der Waals surface area contributed by atoms with Crippen LogP contribution in [0.5, 0.6) is 0 Å². The topological polar surface area (TPSA) is 27.6 Å². The Kier molecular flexibility index (Phi) is 8.79. The summed E-state index contributed by atoms with van der Waals surface area (Å²) < 4.78 is 0. The van der Waals surface area contributed by atoms with Gasteiger partial charge in [-0.1, -0.05) is 12.2 Å². The molecule has 0 saturated carbocycles. The number of aliphatic imine (C=N–C) groups is 1. The molecule has 0 spiro atoms. The normalized spacial score (nSPS) is 10.2. The van der Waals surface area contributed by atoms with Gasteiger partial charge in [-0.3, -0.25) is 4.99 Å². The number of halogens is 1. The zero-order chi connectivity index (χ0) is 8.85. The van der Waals surface area contributed by atoms with Crippen molar-refractivity contribution in [2.75, 3.05) is 27.7 Å². The van der Waals surface area contributed by atoms with Gasteiger partial charge in [0.2, 0.25) is 0 Å². The van der Waals surface area contributed by atoms with Crippen molar-refractivity contribution in [3.8, 4) is 0 Å². The Hall–Kier alpha value is -0.260. The summed E-state index contributed by atoms with van der Waals surface area (Å²) in [6.45, 7) is 6.55. The van der Waals surface area contributed by atoms with E-state index >= 15 is 0 Å². The van der Waals surface area contributed by atoms with Gasteiger partial charge in [-0.2, -0.15) is 0 Å². The number of guanidine groups is 1. The van der Waals surface area contributed by atoms with E-state index < -0.39 is 0 Å². The van der Waals surface area contributed by atoms with Gasteiger partial charge in [-0.25, -0.2) is 0 Å². The molecule has 12 heavy (non-hydrogen) atoms. The molecule has 0 bridgehead atoms. The third kappa shape index (κ3) is 6.45. The molecule has 0 unspecified atom stereocenters. The van der Waals surface area contributed by atoms with Crippen LogP contribution < -0.4 is 5.32 Å². The lowest BCUT2D eigenvalue weighted by atomic mass is 10.3. The van der Waals surface area contributed by atoms with Crippen molar-refractivity contribution >= 4 is 29.9 Å². The molecule has 0 radical (unpaired) electrons. The fourth-order valence-electron chi connectivity index (χ4n) is 0.667. The molecular weight excluding hydrogens is 265 g/mol. The molecule has 1 N–H and O–H groups in total. The Morgan fingerprint density at radius 2 is 2.00 bits per heavy atom. The molecule has 72 valence electrons. The zero-order valence-corrected chi connectivity index (χ0v) is 10.5. The molecular formula is C8H18IN3. The van der Waals surface area contributed by atoms with Gasteiger partial charge in [0, 0.05) is 27.7 Å². The van der Waals surface area contributed by atoms with E-state index in [-0.39, 0.29) is 24.0 Å². The quantitative estimate of drug-likeness (QED) is 0.358. The van der Waals surface area contributed by atoms with Crippen LogP contribution in [0.2, 0.25) is 0 Å². The summed E-state index contributed by atoms with van der Waals surface area (Å²) in [5.74, 6) is 0.882. The first-order chi connectivity index (χ1) is 5.07. The van der Waals surface area contributed by atoms with Crippen LogP contribution in [0.15, 0.2) is 17.1 Å². The van der Waals surface area contributed by atoms with Crippen LogP contribution in [0.3, 0.4) is 0 Å². The summed E-state index contributed by atoms with van der Waals surface area (Å²) in [4.78, 5) is 5.98. The lowest BCUT2D eigenvalue weighted by Gasteiger charge is -2.16. The maximum atomic E-state index is 4.05. The Labute approximate surface area is 92.0 Å². The lowest BCUT2D eigenvalue weighted by molar-refractivity contribution is 0.589. The number of nitrogens with one attached hydrogen (secondary N) is 1. The summed E-state index contributed by atoms with van der Waals surface area (Å²) in [6.07, 6.45) is 0. The van der Waals surface area contributed by atoms with Crippen molar-refractivity contribution in [3.63, 3.8) is 0 Å². The van der Waals surface area contributed by atoms with Crippen molar-refractivity contribution in [2.45, 2.75) is 6.92 Å². The van der Waals surface area contributed by atoms with Gasteiger partial charge in [-0.05, 0) is 6.92 Å². The second-order valence-electron chi connectivity index (χ2n) is 2.75. The zero-order valence-electron chi connectivity index (χ0n) is 8.22. The average molecular weight is 283 g/mol. The lowest BCUT2D eigenvalue weighted by Crippen LogP contribution is -2.36. The summed E-state index contributed by atoms with van der Waals surface area (Å²) in [5.41, 5.74) is 1.10. The molecule has 0 heterocycles. The van der Waals surface area contributed by atoms with E-state index in [1.807, 2.05) is 25.9 Å². The van der Waals surface area contributed by atoms with Crippen LogP contribution in [-0.4, -0.2) is 38.5 Å². The van der Waals surface area contributed by atoms with Crippen LogP contribution in [0.4, 0.5) is 0 Å². The van der Waals surface area contributed by atoms with E-state index in [1.165, 1.54) is 0 Å². The number of hydrogen-bond donors (Lipinski definition) is 1. The molecule has 4 heteroatoms. The van der Waals surface area contributed by atoms with Crippen LogP contribution >= 0.6 is 24.0 Å². The number of nitrogens with zero attached hydrogens (tertiary/aromatic N) is 2. The minimum atomic E-state index is 0. The Morgan fingerprint density at radius 1 is 1.50 bits per heavy atom.